The second-order valence-electron chi connectivity index (χ2n) is 6.68. The van der Waals surface area contributed by atoms with Gasteiger partial charge in [0.1, 0.15) is 12.1 Å². The van der Waals surface area contributed by atoms with Crippen LogP contribution in [0.25, 0.3) is 0 Å². The van der Waals surface area contributed by atoms with E-state index in [1.807, 2.05) is 0 Å². The highest BCUT2D eigenvalue weighted by Gasteiger charge is 2.32. The molecule has 0 saturated carbocycles. The largest absolute Gasteiger partial charge is 0.385 e. The molecule has 1 heterocycles. The van der Waals surface area contributed by atoms with Gasteiger partial charge in [-0.15, -0.1) is 0 Å². The fourth-order valence-electron chi connectivity index (χ4n) is 2.50. The van der Waals surface area contributed by atoms with Crippen LogP contribution in [0.3, 0.4) is 0 Å². The first-order valence-electron chi connectivity index (χ1n) is 11.8. The zero-order chi connectivity index (χ0) is 25.6. The van der Waals surface area contributed by atoms with Gasteiger partial charge >= 0.3 is 0 Å². The molecule has 0 fully saturated rings. The third-order valence-corrected chi connectivity index (χ3v) is 4.19. The molecule has 1 aliphatic rings. The number of amides is 2. The number of carbonyl (C=O) groups is 3. The van der Waals surface area contributed by atoms with E-state index in [-0.39, 0.29) is 0 Å². The lowest BCUT2D eigenvalue weighted by molar-refractivity contribution is -0.137. The van der Waals surface area contributed by atoms with E-state index in [1.54, 1.807) is 13.8 Å². The van der Waals surface area contributed by atoms with Crippen LogP contribution in [-0.4, -0.2) is 47.3 Å². The molecule has 2 rings (SSSR count). The van der Waals surface area contributed by atoms with Crippen molar-refractivity contribution in [3.8, 4) is 0 Å². The number of carbonyl (C=O) groups excluding carboxylic acids is 3. The first kappa shape index (κ1) is 12.2. The van der Waals surface area contributed by atoms with E-state index in [2.05, 4.69) is 5.32 Å². The van der Waals surface area contributed by atoms with E-state index in [0.29, 0.717) is 0 Å². The molecular formula is C20H28N2O4. The minimum absolute atomic E-state index is 0.418. The first-order valence-corrected chi connectivity index (χ1v) is 8.31. The van der Waals surface area contributed by atoms with Gasteiger partial charge in [-0.2, -0.15) is 0 Å². The molecular weight excluding hydrogens is 332 g/mol. The minimum Gasteiger partial charge on any atom is -0.385 e. The summed E-state index contributed by atoms with van der Waals surface area (Å²) in [6.45, 7) is 3.80. The van der Waals surface area contributed by atoms with Crippen molar-refractivity contribution in [2.24, 2.45) is 11.8 Å². The number of Topliss-reactive ketones (excluding diaryl/α,β-unsaturated/α-hetero) is 1. The van der Waals surface area contributed by atoms with Crippen molar-refractivity contribution in [1.29, 1.82) is 0 Å². The smallest absolute Gasteiger partial charge is 0.249 e. The van der Waals surface area contributed by atoms with Gasteiger partial charge in [0.25, 0.3) is 0 Å². The molecule has 0 radical (unpaired) electrons. The maximum Gasteiger partial charge on any atom is 0.249 e. The Labute approximate surface area is 164 Å². The maximum absolute atomic E-state index is 13.1. The molecule has 26 heavy (non-hydrogen) atoms. The van der Waals surface area contributed by atoms with E-state index in [9.17, 15) is 19.5 Å². The Morgan fingerprint density at radius 3 is 2.73 bits per heavy atom. The monoisotopic (exact) mass is 367 g/mol. The van der Waals surface area contributed by atoms with Gasteiger partial charge in [0.05, 0.1) is 5.48 Å². The lowest BCUT2D eigenvalue weighted by Gasteiger charge is -2.24. The fraction of sp³-hybridized carbons (Fsp3) is 0.550. The van der Waals surface area contributed by atoms with E-state index in [4.69, 9.17) is 9.60 Å². The van der Waals surface area contributed by atoms with Crippen LogP contribution in [0.4, 0.5) is 0 Å². The van der Waals surface area contributed by atoms with Gasteiger partial charge < -0.3 is 15.3 Å². The molecule has 0 aliphatic carbocycles. The van der Waals surface area contributed by atoms with Crippen molar-refractivity contribution in [2.45, 2.75) is 45.7 Å². The van der Waals surface area contributed by atoms with Crippen LogP contribution >= 0.6 is 0 Å². The summed E-state index contributed by atoms with van der Waals surface area (Å²) >= 11 is 0. The fourth-order valence-corrected chi connectivity index (χ4v) is 2.50. The Morgan fingerprint density at radius 2 is 2.08 bits per heavy atom. The van der Waals surface area contributed by atoms with Gasteiger partial charge in [-0.3, -0.25) is 14.4 Å². The topological polar surface area (TPSA) is 86.7 Å². The molecule has 0 aromatic heterocycles. The standard InChI is InChI=1S/C20H28N2O4/c1-12(2)18(24)16(23)11-13(3)19(25)21-17-15-8-6-5-7-14(15)9-10-22(4)20(17)26/h5-8,12-13,17-18,24H,9-11H2,1-4H3,(H,21,25)/t13-,17+,18+/m1/s1/i5D,6D,7D,8D,9D2,13D. The predicted octanol–water partition coefficient (Wildman–Crippen LogP) is 1.47. The third-order valence-electron chi connectivity index (χ3n) is 4.19. The minimum atomic E-state index is -2.35. The average Bonchev–Trinajstić information content (AvgIpc) is 2.77. The van der Waals surface area contributed by atoms with Gasteiger partial charge in [0.2, 0.25) is 11.8 Å². The lowest BCUT2D eigenvalue weighted by Crippen LogP contribution is -2.43. The highest BCUT2D eigenvalue weighted by molar-refractivity contribution is 5.92. The molecule has 0 unspecified atom stereocenters. The molecule has 1 aromatic carbocycles. The normalized spacial score (nSPS) is 26.5. The maximum atomic E-state index is 13.1. The number of likely N-dealkylation sites (N-methyl/N-ethyl adjacent to an activating group) is 1. The molecule has 0 saturated heterocycles. The first-order chi connectivity index (χ1) is 14.9. The lowest BCUT2D eigenvalue weighted by atomic mass is 9.94. The van der Waals surface area contributed by atoms with Crippen LogP contribution in [0.2, 0.25) is 0 Å². The summed E-state index contributed by atoms with van der Waals surface area (Å²) in [5.41, 5.74) is -0.868. The number of aliphatic hydroxyl groups is 1. The van der Waals surface area contributed by atoms with Crippen molar-refractivity contribution in [2.75, 3.05) is 13.6 Å². The summed E-state index contributed by atoms with van der Waals surface area (Å²) < 4.78 is 57.3. The molecule has 1 aromatic rings. The molecule has 6 nitrogen and oxygen atoms in total. The molecule has 1 aliphatic heterocycles. The summed E-state index contributed by atoms with van der Waals surface area (Å²) in [5.74, 6) is -5.19. The van der Waals surface area contributed by atoms with Gasteiger partial charge in [0, 0.05) is 30.0 Å². The SMILES string of the molecule is [2H]c1c([2H])c([2H])c2c(c1[2H])[C@H](NC(=O)[C@]([2H])(C)CC(=O)[C@@H](O)C(C)C)C(=O)N(C)CC2([2H])[2H]. The number of aliphatic hydroxyl groups excluding tert-OH is 1. The third kappa shape index (κ3) is 4.49. The van der Waals surface area contributed by atoms with Crippen LogP contribution in [0.5, 0.6) is 0 Å². The Kier molecular flexibility index (Phi) is 3.97. The highest BCUT2D eigenvalue weighted by Crippen LogP contribution is 2.25. The van der Waals surface area contributed by atoms with Gasteiger partial charge in [0.15, 0.2) is 5.78 Å². The van der Waals surface area contributed by atoms with Gasteiger partial charge in [-0.25, -0.2) is 0 Å². The van der Waals surface area contributed by atoms with E-state index in [0.717, 1.165) is 11.8 Å². The molecule has 2 amide bonds. The molecule has 3 atom stereocenters. The zero-order valence-electron chi connectivity index (χ0n) is 22.3. The van der Waals surface area contributed by atoms with Gasteiger partial charge in [-0.1, -0.05) is 44.9 Å². The number of nitrogens with zero attached hydrogens (tertiary/aromatic N) is 1. The number of nitrogens with one attached hydrogen (secondary N) is 1. The predicted molar refractivity (Wildman–Crippen MR) is 98.3 cm³/mol. The number of rotatable bonds is 6. The van der Waals surface area contributed by atoms with Crippen LogP contribution in [0.15, 0.2) is 24.2 Å². The van der Waals surface area contributed by atoms with E-state index in [1.165, 1.54) is 7.05 Å². The Bertz CT molecular complexity index is 997. The average molecular weight is 367 g/mol. The summed E-state index contributed by atoms with van der Waals surface area (Å²) in [6, 6.07) is -4.42. The second-order valence-corrected chi connectivity index (χ2v) is 6.68. The van der Waals surface area contributed by atoms with Crippen LogP contribution in [0.1, 0.15) is 54.0 Å². The molecule has 0 bridgehead atoms. The van der Waals surface area contributed by atoms with Crippen LogP contribution in [0, 0.1) is 11.8 Å². The van der Waals surface area contributed by atoms with Crippen molar-refractivity contribution in [1.82, 2.24) is 10.2 Å². The highest BCUT2D eigenvalue weighted by atomic mass is 16.3. The summed E-state index contributed by atoms with van der Waals surface area (Å²) in [7, 11) is 1.27. The summed E-state index contributed by atoms with van der Waals surface area (Å²) in [4.78, 5) is 39.2. The van der Waals surface area contributed by atoms with Crippen molar-refractivity contribution >= 4 is 17.6 Å². The number of fused-ring (bicyclic) bond motifs is 1. The summed E-state index contributed by atoms with van der Waals surface area (Å²) in [5, 5.41) is 12.2. The van der Waals surface area contributed by atoms with Crippen molar-refractivity contribution in [3.05, 3.63) is 35.3 Å². The van der Waals surface area contributed by atoms with Crippen molar-refractivity contribution in [3.63, 3.8) is 0 Å². The Hall–Kier alpha value is -2.21. The Morgan fingerprint density at radius 1 is 1.42 bits per heavy atom. The molecule has 0 spiro atoms. The van der Waals surface area contributed by atoms with Crippen molar-refractivity contribution < 1.29 is 29.1 Å². The molecule has 142 valence electrons. The number of hydrogen-bond donors (Lipinski definition) is 2. The summed E-state index contributed by atoms with van der Waals surface area (Å²) in [6.07, 6.45) is -4.39. The Balaban J connectivity index is 2.57. The number of hydrogen-bond acceptors (Lipinski definition) is 4. The quantitative estimate of drug-likeness (QED) is 0.797. The van der Waals surface area contributed by atoms with E-state index < -0.39 is 96.2 Å². The number of benzene rings is 1. The van der Waals surface area contributed by atoms with Gasteiger partial charge in [-0.05, 0) is 23.4 Å². The van der Waals surface area contributed by atoms with Crippen LogP contribution < -0.4 is 5.32 Å². The molecule has 6 heteroatoms. The zero-order valence-corrected chi connectivity index (χ0v) is 15.3. The molecule has 2 N–H and O–H groups in total. The number of ketones is 1. The van der Waals surface area contributed by atoms with Crippen LogP contribution in [-0.2, 0) is 20.8 Å². The second kappa shape index (κ2) is 8.45. The van der Waals surface area contributed by atoms with E-state index >= 15 is 0 Å².